The van der Waals surface area contributed by atoms with Gasteiger partial charge in [-0.15, -0.1) is 0 Å². The van der Waals surface area contributed by atoms with Crippen molar-refractivity contribution in [2.75, 3.05) is 5.32 Å². The second kappa shape index (κ2) is 10.3. The van der Waals surface area contributed by atoms with Crippen molar-refractivity contribution in [2.24, 2.45) is 5.92 Å². The molecule has 2 bridgehead atoms. The molecule has 0 spiro atoms. The average Bonchev–Trinajstić information content (AvgIpc) is 3.85. The highest BCUT2D eigenvalue weighted by Crippen LogP contribution is 2.58. The third-order valence-electron chi connectivity index (χ3n) is 10.5. The van der Waals surface area contributed by atoms with E-state index in [0.717, 1.165) is 30.0 Å². The van der Waals surface area contributed by atoms with E-state index in [1.807, 2.05) is 12.3 Å². The summed E-state index contributed by atoms with van der Waals surface area (Å²) >= 11 is 0. The van der Waals surface area contributed by atoms with Gasteiger partial charge in [-0.3, -0.25) is 4.79 Å². The quantitative estimate of drug-likeness (QED) is 0.255. The molecule has 1 heterocycles. The van der Waals surface area contributed by atoms with Gasteiger partial charge in [0.15, 0.2) is 0 Å². The Morgan fingerprint density at radius 3 is 2.10 bits per heavy atom. The summed E-state index contributed by atoms with van der Waals surface area (Å²) in [4.78, 5) is 21.2. The van der Waals surface area contributed by atoms with E-state index in [2.05, 4.69) is 64.9 Å². The number of nitrogens with zero attached hydrogens (tertiary/aromatic N) is 1. The summed E-state index contributed by atoms with van der Waals surface area (Å²) in [5, 5.41) is 3.22. The zero-order chi connectivity index (χ0) is 27.3. The standard InChI is InChI=1S/C37H39N3O/c41-37(26-8-3-4-9-26)39-30-11-5-10-27(21-30)32-19-18-31(34-28-16-17-29(20-28)35(32)34)23-12-14-24(15-13-23)33-22-38-36(40-33)25-6-1-2-7-25/h5,10-15,18-19,21-22,25-26,28-29H,1-4,6-9,16-17,20H2,(H,38,40)(H,39,41). The largest absolute Gasteiger partial charge is 0.342 e. The molecule has 4 nitrogen and oxygen atoms in total. The monoisotopic (exact) mass is 541 g/mol. The van der Waals surface area contributed by atoms with E-state index in [-0.39, 0.29) is 11.8 Å². The van der Waals surface area contributed by atoms with Crippen LogP contribution < -0.4 is 5.32 Å². The summed E-state index contributed by atoms with van der Waals surface area (Å²) in [6.45, 7) is 0. The van der Waals surface area contributed by atoms with Crippen molar-refractivity contribution in [3.63, 3.8) is 0 Å². The molecule has 8 rings (SSSR count). The van der Waals surface area contributed by atoms with Crippen LogP contribution in [0.2, 0.25) is 0 Å². The Bertz CT molecular complexity index is 1590. The molecule has 208 valence electrons. The van der Waals surface area contributed by atoms with E-state index in [9.17, 15) is 4.79 Å². The van der Waals surface area contributed by atoms with Crippen LogP contribution in [-0.4, -0.2) is 15.9 Å². The normalized spacial score (nSPS) is 22.0. The Morgan fingerprint density at radius 2 is 1.37 bits per heavy atom. The minimum absolute atomic E-state index is 0.173. The number of aromatic amines is 1. The van der Waals surface area contributed by atoms with Crippen molar-refractivity contribution in [1.29, 1.82) is 0 Å². The molecule has 3 saturated carbocycles. The van der Waals surface area contributed by atoms with Gasteiger partial charge in [0.05, 0.1) is 11.9 Å². The number of hydrogen-bond acceptors (Lipinski definition) is 2. The van der Waals surface area contributed by atoms with Crippen molar-refractivity contribution in [3.05, 3.63) is 83.8 Å². The number of carbonyl (C=O) groups excluding carboxylic acids is 1. The number of hydrogen-bond donors (Lipinski definition) is 2. The molecule has 3 aromatic carbocycles. The molecule has 2 N–H and O–H groups in total. The summed E-state index contributed by atoms with van der Waals surface area (Å²) in [7, 11) is 0. The minimum atomic E-state index is 0.173. The van der Waals surface area contributed by atoms with Crippen LogP contribution in [0.4, 0.5) is 5.69 Å². The Morgan fingerprint density at radius 1 is 0.707 bits per heavy atom. The Hall–Kier alpha value is -3.66. The number of H-pyrrole nitrogens is 1. The number of amides is 1. The number of aromatic nitrogens is 2. The van der Waals surface area contributed by atoms with Crippen molar-refractivity contribution < 1.29 is 4.79 Å². The van der Waals surface area contributed by atoms with Crippen molar-refractivity contribution in [3.8, 4) is 33.5 Å². The van der Waals surface area contributed by atoms with Crippen LogP contribution in [0.3, 0.4) is 0 Å². The summed E-state index contributed by atoms with van der Waals surface area (Å²) < 4.78 is 0. The molecular weight excluding hydrogens is 502 g/mol. The number of rotatable bonds is 6. The maximum Gasteiger partial charge on any atom is 0.227 e. The van der Waals surface area contributed by atoms with Gasteiger partial charge in [0.25, 0.3) is 0 Å². The number of fused-ring (bicyclic) bond motifs is 5. The first-order valence-corrected chi connectivity index (χ1v) is 15.9. The molecule has 41 heavy (non-hydrogen) atoms. The average molecular weight is 542 g/mol. The van der Waals surface area contributed by atoms with E-state index in [0.29, 0.717) is 17.8 Å². The van der Waals surface area contributed by atoms with Gasteiger partial charge in [-0.1, -0.05) is 74.2 Å². The highest BCUT2D eigenvalue weighted by Gasteiger charge is 2.40. The lowest BCUT2D eigenvalue weighted by Crippen LogP contribution is -2.20. The highest BCUT2D eigenvalue weighted by molar-refractivity contribution is 5.93. The lowest BCUT2D eigenvalue weighted by molar-refractivity contribution is -0.119. The Kier molecular flexibility index (Phi) is 6.31. The van der Waals surface area contributed by atoms with Gasteiger partial charge < -0.3 is 10.3 Å². The molecule has 0 saturated heterocycles. The van der Waals surface area contributed by atoms with Crippen LogP contribution >= 0.6 is 0 Å². The van der Waals surface area contributed by atoms with Crippen molar-refractivity contribution >= 4 is 11.6 Å². The van der Waals surface area contributed by atoms with Crippen LogP contribution in [0.15, 0.2) is 66.9 Å². The molecular formula is C37H39N3O. The van der Waals surface area contributed by atoms with E-state index in [1.54, 1.807) is 11.1 Å². The van der Waals surface area contributed by atoms with Gasteiger partial charge in [0.2, 0.25) is 5.91 Å². The molecule has 1 aromatic heterocycles. The van der Waals surface area contributed by atoms with Crippen molar-refractivity contribution in [2.45, 2.75) is 88.4 Å². The van der Waals surface area contributed by atoms with E-state index in [4.69, 9.17) is 4.98 Å². The number of anilines is 1. The fourth-order valence-corrected chi connectivity index (χ4v) is 8.44. The van der Waals surface area contributed by atoms with E-state index < -0.39 is 0 Å². The number of imidazole rings is 1. The predicted octanol–water partition coefficient (Wildman–Crippen LogP) is 9.56. The second-order valence-electron chi connectivity index (χ2n) is 13.0. The van der Waals surface area contributed by atoms with Crippen LogP contribution in [-0.2, 0) is 4.79 Å². The Labute approximate surface area is 243 Å². The molecule has 3 fully saturated rings. The van der Waals surface area contributed by atoms with Gasteiger partial charge in [-0.25, -0.2) is 4.98 Å². The highest BCUT2D eigenvalue weighted by atomic mass is 16.1. The first-order chi connectivity index (χ1) is 20.2. The topological polar surface area (TPSA) is 57.8 Å². The lowest BCUT2D eigenvalue weighted by atomic mass is 9.81. The van der Waals surface area contributed by atoms with Crippen LogP contribution in [0.25, 0.3) is 33.5 Å². The van der Waals surface area contributed by atoms with Crippen LogP contribution in [0.5, 0.6) is 0 Å². The molecule has 0 aliphatic heterocycles. The second-order valence-corrected chi connectivity index (χ2v) is 13.0. The van der Waals surface area contributed by atoms with Crippen LogP contribution in [0.1, 0.15) is 105 Å². The van der Waals surface area contributed by atoms with Gasteiger partial charge in [0.1, 0.15) is 5.82 Å². The van der Waals surface area contributed by atoms with Gasteiger partial charge in [-0.05, 0) is 108 Å². The first kappa shape index (κ1) is 25.1. The minimum Gasteiger partial charge on any atom is -0.342 e. The maximum absolute atomic E-state index is 12.8. The summed E-state index contributed by atoms with van der Waals surface area (Å²) in [6.07, 6.45) is 15.4. The SMILES string of the molecule is O=C(Nc1cccc(-c2ccc(-c3ccc(-c4cnc(C5CCCC5)[nH]4)cc3)c3c2C2CCC3C2)c1)C1CCCC1. The van der Waals surface area contributed by atoms with Gasteiger partial charge >= 0.3 is 0 Å². The van der Waals surface area contributed by atoms with Crippen molar-refractivity contribution in [1.82, 2.24) is 9.97 Å². The molecule has 2 unspecified atom stereocenters. The molecule has 4 aliphatic carbocycles. The number of nitrogens with one attached hydrogen (secondary N) is 2. The third-order valence-corrected chi connectivity index (χ3v) is 10.5. The summed E-state index contributed by atoms with van der Waals surface area (Å²) in [5.41, 5.74) is 11.6. The maximum atomic E-state index is 12.8. The first-order valence-electron chi connectivity index (χ1n) is 15.9. The molecule has 4 heteroatoms. The van der Waals surface area contributed by atoms with E-state index >= 15 is 0 Å². The molecule has 0 radical (unpaired) electrons. The fourth-order valence-electron chi connectivity index (χ4n) is 8.44. The Balaban J connectivity index is 1.10. The third kappa shape index (κ3) is 4.52. The molecule has 4 aromatic rings. The number of carbonyl (C=O) groups is 1. The lowest BCUT2D eigenvalue weighted by Gasteiger charge is -2.23. The zero-order valence-corrected chi connectivity index (χ0v) is 23.8. The smallest absolute Gasteiger partial charge is 0.227 e. The molecule has 2 atom stereocenters. The van der Waals surface area contributed by atoms with Gasteiger partial charge in [-0.2, -0.15) is 0 Å². The van der Waals surface area contributed by atoms with Gasteiger partial charge in [0, 0.05) is 17.5 Å². The molecule has 1 amide bonds. The molecule has 4 aliphatic rings. The van der Waals surface area contributed by atoms with Crippen LogP contribution in [0, 0.1) is 5.92 Å². The number of benzene rings is 3. The fraction of sp³-hybridized carbons (Fsp3) is 0.405. The summed E-state index contributed by atoms with van der Waals surface area (Å²) in [5.74, 6) is 3.41. The van der Waals surface area contributed by atoms with E-state index in [1.165, 1.54) is 85.6 Å². The predicted molar refractivity (Wildman–Crippen MR) is 166 cm³/mol. The zero-order valence-electron chi connectivity index (χ0n) is 23.8. The summed E-state index contributed by atoms with van der Waals surface area (Å²) in [6, 6.07) is 22.3.